The van der Waals surface area contributed by atoms with Crippen LogP contribution in [0.2, 0.25) is 5.02 Å². The lowest BCUT2D eigenvalue weighted by Gasteiger charge is -2.10. The van der Waals surface area contributed by atoms with Gasteiger partial charge in [0.25, 0.3) is 5.91 Å². The molecule has 0 radical (unpaired) electrons. The maximum atomic E-state index is 12.2. The summed E-state index contributed by atoms with van der Waals surface area (Å²) in [4.78, 5) is 11.7. The van der Waals surface area contributed by atoms with Crippen molar-refractivity contribution in [1.82, 2.24) is 5.43 Å². The average Bonchev–Trinajstić information content (AvgIpc) is 2.56. The zero-order chi connectivity index (χ0) is 19.2. The van der Waals surface area contributed by atoms with Gasteiger partial charge in [0.05, 0.1) is 12.8 Å². The van der Waals surface area contributed by atoms with E-state index in [0.717, 1.165) is 18.3 Å². The highest BCUT2D eigenvalue weighted by molar-refractivity contribution is 6.30. The van der Waals surface area contributed by atoms with Crippen LogP contribution in [0.25, 0.3) is 0 Å². The molecule has 0 saturated carbocycles. The van der Waals surface area contributed by atoms with Gasteiger partial charge in [0.2, 0.25) is 0 Å². The number of ether oxygens (including phenoxy) is 1. The van der Waals surface area contributed by atoms with Gasteiger partial charge in [-0.3, -0.25) is 4.79 Å². The molecule has 0 fully saturated rings. The first-order valence-corrected chi connectivity index (χ1v) is 7.51. The Morgan fingerprint density at radius 3 is 2.58 bits per heavy atom. The highest BCUT2D eigenvalue weighted by Crippen LogP contribution is 2.31. The molecule has 0 aliphatic carbocycles. The number of nitrogens with zero attached hydrogens (tertiary/aromatic N) is 1. The summed E-state index contributed by atoms with van der Waals surface area (Å²) in [5, 5.41) is 16.4. The van der Waals surface area contributed by atoms with Crippen LogP contribution in [-0.4, -0.2) is 30.1 Å². The monoisotopic (exact) mass is 387 g/mol. The van der Waals surface area contributed by atoms with Crippen molar-refractivity contribution in [2.45, 2.75) is 6.36 Å². The molecule has 10 heteroatoms. The number of benzene rings is 2. The molecular weight excluding hydrogens is 375 g/mol. The minimum Gasteiger partial charge on any atom is -0.504 e. The van der Waals surface area contributed by atoms with E-state index in [-0.39, 0.29) is 12.1 Å². The molecule has 0 saturated heterocycles. The standard InChI is InChI=1S/C16H13ClF3N3O3/c17-11-2-4-12(5-3-11)21-9-15(25)23-22-8-10-1-6-13(24)14(7-10)26-16(18,19)20/h1-8,21,24H,9H2,(H,23,25)/b22-8+. The number of alkyl halides is 3. The van der Waals surface area contributed by atoms with E-state index in [1.165, 1.54) is 6.07 Å². The van der Waals surface area contributed by atoms with Crippen molar-refractivity contribution >= 4 is 29.4 Å². The average molecular weight is 388 g/mol. The Labute approximate surface area is 151 Å². The Balaban J connectivity index is 1.88. The van der Waals surface area contributed by atoms with Gasteiger partial charge in [0.1, 0.15) is 0 Å². The number of carbonyl (C=O) groups is 1. The fraction of sp³-hybridized carbons (Fsp3) is 0.125. The van der Waals surface area contributed by atoms with Crippen LogP contribution in [0.5, 0.6) is 11.5 Å². The van der Waals surface area contributed by atoms with Crippen molar-refractivity contribution in [3.8, 4) is 11.5 Å². The molecule has 0 aliphatic rings. The quantitative estimate of drug-likeness (QED) is 0.523. The Morgan fingerprint density at radius 2 is 1.92 bits per heavy atom. The van der Waals surface area contributed by atoms with Crippen molar-refractivity contribution in [2.24, 2.45) is 5.10 Å². The van der Waals surface area contributed by atoms with E-state index >= 15 is 0 Å². The summed E-state index contributed by atoms with van der Waals surface area (Å²) in [5.74, 6) is -1.91. The maximum Gasteiger partial charge on any atom is 0.573 e. The number of anilines is 1. The molecule has 6 nitrogen and oxygen atoms in total. The van der Waals surface area contributed by atoms with E-state index in [2.05, 4.69) is 20.6 Å². The molecule has 0 heterocycles. The second-order valence-electron chi connectivity index (χ2n) is 4.93. The highest BCUT2D eigenvalue weighted by Gasteiger charge is 2.32. The van der Waals surface area contributed by atoms with Crippen molar-refractivity contribution in [1.29, 1.82) is 0 Å². The lowest BCUT2D eigenvalue weighted by Crippen LogP contribution is -2.25. The SMILES string of the molecule is O=C(CNc1ccc(Cl)cc1)N/N=C/c1ccc(O)c(OC(F)(F)F)c1. The predicted octanol–water partition coefficient (Wildman–Crippen LogP) is 3.51. The second-order valence-corrected chi connectivity index (χ2v) is 5.37. The van der Waals surface area contributed by atoms with Crippen LogP contribution in [0.3, 0.4) is 0 Å². The molecule has 0 bridgehead atoms. The zero-order valence-corrected chi connectivity index (χ0v) is 13.8. The third kappa shape index (κ3) is 6.52. The van der Waals surface area contributed by atoms with Crippen LogP contribution in [0.1, 0.15) is 5.56 Å². The van der Waals surface area contributed by atoms with Gasteiger partial charge in [-0.1, -0.05) is 11.6 Å². The number of hydrogen-bond donors (Lipinski definition) is 3. The van der Waals surface area contributed by atoms with Crippen LogP contribution >= 0.6 is 11.6 Å². The lowest BCUT2D eigenvalue weighted by atomic mass is 10.2. The minimum atomic E-state index is -4.94. The maximum absolute atomic E-state index is 12.2. The molecular formula is C16H13ClF3N3O3. The number of halogens is 4. The van der Waals surface area contributed by atoms with Crippen LogP contribution in [-0.2, 0) is 4.79 Å². The van der Waals surface area contributed by atoms with E-state index in [9.17, 15) is 23.1 Å². The molecule has 0 spiro atoms. The van der Waals surface area contributed by atoms with E-state index < -0.39 is 23.8 Å². The summed E-state index contributed by atoms with van der Waals surface area (Å²) >= 11 is 5.74. The van der Waals surface area contributed by atoms with E-state index in [0.29, 0.717) is 10.7 Å². The van der Waals surface area contributed by atoms with Gasteiger partial charge in [0, 0.05) is 10.7 Å². The fourth-order valence-corrected chi connectivity index (χ4v) is 1.91. The first-order chi connectivity index (χ1) is 12.2. The molecule has 138 valence electrons. The Hall–Kier alpha value is -2.94. The number of amides is 1. The van der Waals surface area contributed by atoms with Crippen molar-refractivity contribution < 1.29 is 27.8 Å². The third-order valence-corrected chi connectivity index (χ3v) is 3.16. The summed E-state index contributed by atoms with van der Waals surface area (Å²) in [5.41, 5.74) is 3.08. The molecule has 0 atom stereocenters. The number of aromatic hydroxyl groups is 1. The lowest BCUT2D eigenvalue weighted by molar-refractivity contribution is -0.275. The van der Waals surface area contributed by atoms with Gasteiger partial charge in [-0.05, 0) is 48.0 Å². The van der Waals surface area contributed by atoms with Crippen LogP contribution in [0.15, 0.2) is 47.6 Å². The molecule has 2 aromatic rings. The summed E-state index contributed by atoms with van der Waals surface area (Å²) in [6.45, 7) is -0.0724. The number of rotatable bonds is 6. The number of hydrogen-bond acceptors (Lipinski definition) is 5. The number of hydrazone groups is 1. The molecule has 26 heavy (non-hydrogen) atoms. The van der Waals surface area contributed by atoms with Gasteiger partial charge < -0.3 is 15.2 Å². The molecule has 0 unspecified atom stereocenters. The van der Waals surface area contributed by atoms with Crippen molar-refractivity contribution in [3.05, 3.63) is 53.1 Å². The van der Waals surface area contributed by atoms with Crippen molar-refractivity contribution in [2.75, 3.05) is 11.9 Å². The topological polar surface area (TPSA) is 83.0 Å². The van der Waals surface area contributed by atoms with Crippen LogP contribution < -0.4 is 15.5 Å². The van der Waals surface area contributed by atoms with E-state index in [4.69, 9.17) is 11.6 Å². The largest absolute Gasteiger partial charge is 0.573 e. The van der Waals surface area contributed by atoms with E-state index in [1.54, 1.807) is 24.3 Å². The summed E-state index contributed by atoms with van der Waals surface area (Å²) in [6, 6.07) is 9.96. The summed E-state index contributed by atoms with van der Waals surface area (Å²) in [6.07, 6.45) is -3.82. The van der Waals surface area contributed by atoms with Crippen LogP contribution in [0, 0.1) is 0 Å². The van der Waals surface area contributed by atoms with Gasteiger partial charge >= 0.3 is 6.36 Å². The molecule has 0 aromatic heterocycles. The van der Waals surface area contributed by atoms with Gasteiger partial charge in [-0.15, -0.1) is 13.2 Å². The normalized spacial score (nSPS) is 11.4. The number of phenols is 1. The molecule has 2 rings (SSSR count). The number of nitrogens with one attached hydrogen (secondary N) is 2. The summed E-state index contributed by atoms with van der Waals surface area (Å²) in [7, 11) is 0. The van der Waals surface area contributed by atoms with E-state index in [1.807, 2.05) is 0 Å². The fourth-order valence-electron chi connectivity index (χ4n) is 1.79. The first kappa shape index (κ1) is 19.4. The van der Waals surface area contributed by atoms with Crippen LogP contribution in [0.4, 0.5) is 18.9 Å². The predicted molar refractivity (Wildman–Crippen MR) is 90.5 cm³/mol. The Morgan fingerprint density at radius 1 is 1.23 bits per heavy atom. The van der Waals surface area contributed by atoms with Crippen molar-refractivity contribution in [3.63, 3.8) is 0 Å². The molecule has 2 aromatic carbocycles. The zero-order valence-electron chi connectivity index (χ0n) is 13.0. The third-order valence-electron chi connectivity index (χ3n) is 2.91. The van der Waals surface area contributed by atoms with Gasteiger partial charge in [0.15, 0.2) is 11.5 Å². The molecule has 0 aliphatic heterocycles. The highest BCUT2D eigenvalue weighted by atomic mass is 35.5. The second kappa shape index (κ2) is 8.43. The van der Waals surface area contributed by atoms with Gasteiger partial charge in [-0.25, -0.2) is 5.43 Å². The minimum absolute atomic E-state index is 0.0724. The Kier molecular flexibility index (Phi) is 6.29. The Bertz CT molecular complexity index is 796. The number of carbonyl (C=O) groups excluding carboxylic acids is 1. The van der Waals surface area contributed by atoms with Gasteiger partial charge in [-0.2, -0.15) is 5.10 Å². The first-order valence-electron chi connectivity index (χ1n) is 7.13. The summed E-state index contributed by atoms with van der Waals surface area (Å²) < 4.78 is 40.3. The smallest absolute Gasteiger partial charge is 0.504 e. The molecule has 3 N–H and O–H groups in total. The number of phenolic OH excluding ortho intramolecular Hbond substituents is 1. The molecule has 1 amide bonds.